The van der Waals surface area contributed by atoms with E-state index in [0.717, 1.165) is 56.4 Å². The van der Waals surface area contributed by atoms with Crippen molar-refractivity contribution in [3.63, 3.8) is 0 Å². The Morgan fingerprint density at radius 2 is 2.07 bits per heavy atom. The Morgan fingerprint density at radius 1 is 1.14 bits per heavy atom. The van der Waals surface area contributed by atoms with E-state index >= 15 is 0 Å². The number of nitrogens with zero attached hydrogens (tertiary/aromatic N) is 4. The molecule has 0 radical (unpaired) electrons. The maximum atomic E-state index is 9.55. The zero-order chi connectivity index (χ0) is 19.3. The fourth-order valence-electron chi connectivity index (χ4n) is 3.98. The number of benzene rings is 1. The molecule has 1 aliphatic rings. The first-order valence-corrected chi connectivity index (χ1v) is 9.93. The topological polar surface area (TPSA) is 57.7 Å². The van der Waals surface area contributed by atoms with E-state index < -0.39 is 0 Å². The Bertz CT molecular complexity index is 874. The molecule has 1 fully saturated rings. The number of hydrogen-bond donors (Lipinski definition) is 1. The normalized spacial score (nSPS) is 18.6. The third-order valence-electron chi connectivity index (χ3n) is 5.39. The van der Waals surface area contributed by atoms with Crippen molar-refractivity contribution in [1.82, 2.24) is 19.6 Å². The summed E-state index contributed by atoms with van der Waals surface area (Å²) in [6.45, 7) is 6.83. The van der Waals surface area contributed by atoms with E-state index in [2.05, 4.69) is 45.2 Å². The molecule has 3 aromatic rings. The van der Waals surface area contributed by atoms with Crippen LogP contribution in [0.2, 0.25) is 0 Å². The van der Waals surface area contributed by atoms with Crippen LogP contribution in [0.15, 0.2) is 59.3 Å². The van der Waals surface area contributed by atoms with E-state index in [1.165, 1.54) is 5.56 Å². The number of furan rings is 1. The van der Waals surface area contributed by atoms with E-state index in [0.29, 0.717) is 6.04 Å². The second kappa shape index (κ2) is 8.73. The van der Waals surface area contributed by atoms with Crippen molar-refractivity contribution >= 4 is 0 Å². The molecule has 1 saturated heterocycles. The number of hydrogen-bond acceptors (Lipinski definition) is 5. The fourth-order valence-corrected chi connectivity index (χ4v) is 3.98. The standard InChI is InChI=1S/C22H28N4O2/c1-18-6-7-22(28-18)17-25-12-11-24(16-21(25)8-13-27)15-19-4-2-5-20(14-19)26-10-3-9-23-26/h2-7,9-10,14,21,27H,8,11-13,15-17H2,1H3. The molecule has 0 amide bonds. The Hall–Kier alpha value is -2.41. The third-order valence-corrected chi connectivity index (χ3v) is 5.39. The maximum absolute atomic E-state index is 9.55. The van der Waals surface area contributed by atoms with Gasteiger partial charge in [0.2, 0.25) is 0 Å². The predicted octanol–water partition coefficient (Wildman–Crippen LogP) is 2.84. The Kier molecular flexibility index (Phi) is 5.90. The summed E-state index contributed by atoms with van der Waals surface area (Å²) in [5, 5.41) is 13.9. The number of aliphatic hydroxyl groups is 1. The first-order chi connectivity index (χ1) is 13.7. The molecule has 0 aliphatic carbocycles. The summed E-state index contributed by atoms with van der Waals surface area (Å²) in [7, 11) is 0. The van der Waals surface area contributed by atoms with Crippen molar-refractivity contribution < 1.29 is 9.52 Å². The summed E-state index contributed by atoms with van der Waals surface area (Å²) in [6, 6.07) is 14.9. The summed E-state index contributed by atoms with van der Waals surface area (Å²) in [5.74, 6) is 1.95. The van der Waals surface area contributed by atoms with Gasteiger partial charge in [-0.3, -0.25) is 9.80 Å². The average molecular weight is 380 g/mol. The van der Waals surface area contributed by atoms with Crippen molar-refractivity contribution in [2.75, 3.05) is 26.2 Å². The highest BCUT2D eigenvalue weighted by atomic mass is 16.3. The summed E-state index contributed by atoms with van der Waals surface area (Å²) < 4.78 is 7.65. The van der Waals surface area contributed by atoms with Crippen LogP contribution in [0.4, 0.5) is 0 Å². The Balaban J connectivity index is 1.41. The first kappa shape index (κ1) is 18.9. The van der Waals surface area contributed by atoms with Crippen LogP contribution in [0, 0.1) is 6.92 Å². The second-order valence-corrected chi connectivity index (χ2v) is 7.50. The Morgan fingerprint density at radius 3 is 2.82 bits per heavy atom. The molecule has 1 N–H and O–H groups in total. The van der Waals surface area contributed by atoms with Gasteiger partial charge in [-0.15, -0.1) is 0 Å². The fraction of sp³-hybridized carbons (Fsp3) is 0.409. The summed E-state index contributed by atoms with van der Waals surface area (Å²) in [4.78, 5) is 4.91. The van der Waals surface area contributed by atoms with E-state index in [4.69, 9.17) is 4.42 Å². The van der Waals surface area contributed by atoms with Crippen LogP contribution >= 0.6 is 0 Å². The number of rotatable bonds is 7. The lowest BCUT2D eigenvalue weighted by Gasteiger charge is -2.41. The number of aryl methyl sites for hydroxylation is 1. The van der Waals surface area contributed by atoms with Crippen molar-refractivity contribution in [1.29, 1.82) is 0 Å². The van der Waals surface area contributed by atoms with E-state index in [-0.39, 0.29) is 6.61 Å². The highest BCUT2D eigenvalue weighted by molar-refractivity contribution is 5.35. The smallest absolute Gasteiger partial charge is 0.118 e. The molecule has 1 aliphatic heterocycles. The zero-order valence-corrected chi connectivity index (χ0v) is 16.4. The molecular weight excluding hydrogens is 352 g/mol. The molecular formula is C22H28N4O2. The lowest BCUT2D eigenvalue weighted by molar-refractivity contribution is 0.0454. The molecule has 28 heavy (non-hydrogen) atoms. The first-order valence-electron chi connectivity index (χ1n) is 9.93. The molecule has 0 saturated carbocycles. The van der Waals surface area contributed by atoms with Gasteiger partial charge in [-0.1, -0.05) is 12.1 Å². The van der Waals surface area contributed by atoms with Crippen molar-refractivity contribution in [2.45, 2.75) is 32.5 Å². The molecule has 148 valence electrons. The van der Waals surface area contributed by atoms with Gasteiger partial charge >= 0.3 is 0 Å². The van der Waals surface area contributed by atoms with Crippen molar-refractivity contribution in [3.8, 4) is 5.69 Å². The Labute approximate surface area is 166 Å². The van der Waals surface area contributed by atoms with Crippen LogP contribution < -0.4 is 0 Å². The largest absolute Gasteiger partial charge is 0.465 e. The lowest BCUT2D eigenvalue weighted by Crippen LogP contribution is -2.52. The molecule has 6 heteroatoms. The van der Waals surface area contributed by atoms with Crippen LogP contribution in [0.1, 0.15) is 23.5 Å². The molecule has 1 aromatic carbocycles. The van der Waals surface area contributed by atoms with Gasteiger partial charge in [-0.05, 0) is 49.2 Å². The predicted molar refractivity (Wildman–Crippen MR) is 108 cm³/mol. The SMILES string of the molecule is Cc1ccc(CN2CCN(Cc3cccc(-n4cccn4)c3)CC2CCO)o1. The minimum absolute atomic E-state index is 0.209. The molecule has 1 unspecified atom stereocenters. The highest BCUT2D eigenvalue weighted by Gasteiger charge is 2.27. The average Bonchev–Trinajstić information content (AvgIpc) is 3.36. The maximum Gasteiger partial charge on any atom is 0.118 e. The van der Waals surface area contributed by atoms with E-state index in [1.54, 1.807) is 6.20 Å². The summed E-state index contributed by atoms with van der Waals surface area (Å²) in [6.07, 6.45) is 4.54. The van der Waals surface area contributed by atoms with Gasteiger partial charge in [0.1, 0.15) is 11.5 Å². The van der Waals surface area contributed by atoms with Crippen LogP contribution in [0.25, 0.3) is 5.69 Å². The van der Waals surface area contributed by atoms with Gasteiger partial charge in [0.15, 0.2) is 0 Å². The van der Waals surface area contributed by atoms with Crippen molar-refractivity contribution in [3.05, 3.63) is 71.9 Å². The van der Waals surface area contributed by atoms with Gasteiger partial charge in [0.05, 0.1) is 12.2 Å². The van der Waals surface area contributed by atoms with Crippen LogP contribution in [-0.4, -0.2) is 57.0 Å². The third kappa shape index (κ3) is 4.52. The lowest BCUT2D eigenvalue weighted by atomic mass is 10.1. The van der Waals surface area contributed by atoms with Gasteiger partial charge in [-0.2, -0.15) is 5.10 Å². The summed E-state index contributed by atoms with van der Waals surface area (Å²) in [5.41, 5.74) is 2.37. The van der Waals surface area contributed by atoms with Crippen molar-refractivity contribution in [2.24, 2.45) is 0 Å². The number of piperazine rings is 1. The minimum atomic E-state index is 0.209. The van der Waals surface area contributed by atoms with Gasteiger partial charge < -0.3 is 9.52 Å². The number of aliphatic hydroxyl groups excluding tert-OH is 1. The van der Waals surface area contributed by atoms with Crippen LogP contribution in [0.5, 0.6) is 0 Å². The highest BCUT2D eigenvalue weighted by Crippen LogP contribution is 2.20. The molecule has 3 heterocycles. The van der Waals surface area contributed by atoms with Gasteiger partial charge in [0.25, 0.3) is 0 Å². The molecule has 6 nitrogen and oxygen atoms in total. The van der Waals surface area contributed by atoms with E-state index in [9.17, 15) is 5.11 Å². The molecule has 4 rings (SSSR count). The van der Waals surface area contributed by atoms with Gasteiger partial charge in [0, 0.05) is 51.2 Å². The quantitative estimate of drug-likeness (QED) is 0.683. The van der Waals surface area contributed by atoms with Crippen LogP contribution in [-0.2, 0) is 13.1 Å². The minimum Gasteiger partial charge on any atom is -0.465 e. The molecule has 0 spiro atoms. The van der Waals surface area contributed by atoms with E-state index in [1.807, 2.05) is 29.9 Å². The zero-order valence-electron chi connectivity index (χ0n) is 16.4. The van der Waals surface area contributed by atoms with Gasteiger partial charge in [-0.25, -0.2) is 4.68 Å². The molecule has 0 bridgehead atoms. The second-order valence-electron chi connectivity index (χ2n) is 7.50. The number of aromatic nitrogens is 2. The summed E-state index contributed by atoms with van der Waals surface area (Å²) >= 11 is 0. The van der Waals surface area contributed by atoms with Crippen LogP contribution in [0.3, 0.4) is 0 Å². The molecule has 1 atom stereocenters. The molecule has 2 aromatic heterocycles. The monoisotopic (exact) mass is 380 g/mol.